The van der Waals surface area contributed by atoms with E-state index in [1.807, 2.05) is 6.07 Å². The number of nitrogens with one attached hydrogen (secondary N) is 2. The van der Waals surface area contributed by atoms with Gasteiger partial charge in [0.05, 0.1) is 25.0 Å². The number of methoxy groups -OCH3 is 2. The zero-order chi connectivity index (χ0) is 15.1. The molecule has 6 heteroatoms. The molecule has 0 aliphatic heterocycles. The lowest BCUT2D eigenvalue weighted by molar-refractivity contribution is 0.0447. The molecule has 6 nitrogen and oxygen atoms in total. The zero-order valence-electron chi connectivity index (χ0n) is 12.6. The van der Waals surface area contributed by atoms with Crippen LogP contribution in [0.15, 0.2) is 22.8 Å². The molecule has 118 valence electrons. The minimum Gasteiger partial charge on any atom is -0.467 e. The number of carbonyl (C=O) groups excluding carboxylic acids is 1. The largest absolute Gasteiger partial charge is 0.467 e. The maximum Gasteiger partial charge on any atom is 0.315 e. The molecule has 3 atom stereocenters. The number of furan rings is 1. The Hall–Kier alpha value is -1.53. The molecule has 1 aliphatic carbocycles. The molecule has 0 aromatic carbocycles. The van der Waals surface area contributed by atoms with Gasteiger partial charge in [-0.05, 0) is 25.0 Å². The number of ether oxygens (including phenoxy) is 2. The van der Waals surface area contributed by atoms with Crippen molar-refractivity contribution in [3.8, 4) is 0 Å². The predicted molar refractivity (Wildman–Crippen MR) is 78.0 cm³/mol. The van der Waals surface area contributed by atoms with E-state index in [1.165, 1.54) is 0 Å². The van der Waals surface area contributed by atoms with Gasteiger partial charge in [-0.2, -0.15) is 0 Å². The van der Waals surface area contributed by atoms with Crippen molar-refractivity contribution in [2.45, 2.75) is 43.9 Å². The molecule has 0 unspecified atom stereocenters. The lowest BCUT2D eigenvalue weighted by Gasteiger charge is -2.31. The molecular weight excluding hydrogens is 272 g/mol. The summed E-state index contributed by atoms with van der Waals surface area (Å²) in [7, 11) is 3.29. The second kappa shape index (κ2) is 8.05. The lowest BCUT2D eigenvalue weighted by atomic mass is 9.92. The highest BCUT2D eigenvalue weighted by atomic mass is 16.5. The number of hydrogen-bond donors (Lipinski definition) is 2. The Balaban J connectivity index is 1.89. The van der Waals surface area contributed by atoms with Crippen LogP contribution in [0.25, 0.3) is 0 Å². The van der Waals surface area contributed by atoms with Gasteiger partial charge in [0.15, 0.2) is 0 Å². The van der Waals surface area contributed by atoms with Crippen molar-refractivity contribution < 1.29 is 18.7 Å². The van der Waals surface area contributed by atoms with E-state index in [0.29, 0.717) is 12.4 Å². The van der Waals surface area contributed by atoms with Gasteiger partial charge < -0.3 is 24.5 Å². The van der Waals surface area contributed by atoms with Crippen molar-refractivity contribution in [2.75, 3.05) is 20.8 Å². The Morgan fingerprint density at radius 1 is 1.43 bits per heavy atom. The summed E-state index contributed by atoms with van der Waals surface area (Å²) in [5.74, 6) is 0.680. The average Bonchev–Trinajstić information content (AvgIpc) is 3.01. The van der Waals surface area contributed by atoms with Crippen LogP contribution in [0, 0.1) is 0 Å². The number of hydrogen-bond acceptors (Lipinski definition) is 4. The van der Waals surface area contributed by atoms with Crippen molar-refractivity contribution in [1.82, 2.24) is 10.6 Å². The highest BCUT2D eigenvalue weighted by Crippen LogP contribution is 2.21. The summed E-state index contributed by atoms with van der Waals surface area (Å²) in [6, 6.07) is 3.16. The third-order valence-electron chi connectivity index (χ3n) is 3.85. The summed E-state index contributed by atoms with van der Waals surface area (Å²) in [5, 5.41) is 5.89. The molecule has 0 radical (unpaired) electrons. The Kier molecular flexibility index (Phi) is 6.07. The molecule has 21 heavy (non-hydrogen) atoms. The fourth-order valence-electron chi connectivity index (χ4n) is 2.76. The smallest absolute Gasteiger partial charge is 0.315 e. The number of amides is 2. The van der Waals surface area contributed by atoms with Crippen LogP contribution in [0.1, 0.15) is 37.5 Å². The predicted octanol–water partition coefficient (Wildman–Crippen LogP) is 2.22. The zero-order valence-corrected chi connectivity index (χ0v) is 12.6. The van der Waals surface area contributed by atoms with Crippen LogP contribution in [0.5, 0.6) is 0 Å². The molecule has 0 bridgehead atoms. The topological polar surface area (TPSA) is 72.7 Å². The van der Waals surface area contributed by atoms with E-state index in [-0.39, 0.29) is 24.2 Å². The maximum absolute atomic E-state index is 12.2. The number of carbonyl (C=O) groups is 1. The lowest BCUT2D eigenvalue weighted by Crippen LogP contribution is -2.50. The SMILES string of the molecule is COC[C@H](NC(=O)N[C@@H]1CCCC[C@H]1OC)c1ccco1. The first-order valence-corrected chi connectivity index (χ1v) is 7.36. The van der Waals surface area contributed by atoms with E-state index in [9.17, 15) is 4.79 Å². The van der Waals surface area contributed by atoms with Crippen molar-refractivity contribution in [3.05, 3.63) is 24.2 Å². The highest BCUT2D eigenvalue weighted by molar-refractivity contribution is 5.74. The van der Waals surface area contributed by atoms with Crippen LogP contribution < -0.4 is 10.6 Å². The molecule has 1 heterocycles. The molecule has 2 N–H and O–H groups in total. The van der Waals surface area contributed by atoms with Crippen molar-refractivity contribution in [2.24, 2.45) is 0 Å². The second-order valence-corrected chi connectivity index (χ2v) is 5.31. The van der Waals surface area contributed by atoms with Crippen LogP contribution in [0.3, 0.4) is 0 Å². The van der Waals surface area contributed by atoms with E-state index in [1.54, 1.807) is 26.5 Å². The Morgan fingerprint density at radius 3 is 2.90 bits per heavy atom. The quantitative estimate of drug-likeness (QED) is 0.844. The minimum atomic E-state index is -0.297. The fraction of sp³-hybridized carbons (Fsp3) is 0.667. The molecule has 2 amide bonds. The van der Waals surface area contributed by atoms with Gasteiger partial charge in [-0.15, -0.1) is 0 Å². The van der Waals surface area contributed by atoms with Crippen LogP contribution >= 0.6 is 0 Å². The molecule has 0 saturated heterocycles. The Morgan fingerprint density at radius 2 is 2.24 bits per heavy atom. The molecule has 1 fully saturated rings. The van der Waals surface area contributed by atoms with E-state index in [2.05, 4.69) is 10.6 Å². The van der Waals surface area contributed by atoms with Crippen molar-refractivity contribution >= 4 is 6.03 Å². The highest BCUT2D eigenvalue weighted by Gasteiger charge is 2.27. The number of rotatable bonds is 6. The van der Waals surface area contributed by atoms with Crippen molar-refractivity contribution in [3.63, 3.8) is 0 Å². The normalized spacial score (nSPS) is 23.5. The summed E-state index contributed by atoms with van der Waals surface area (Å²) in [5.41, 5.74) is 0. The maximum atomic E-state index is 12.2. The van der Waals surface area contributed by atoms with Gasteiger partial charge in [0.1, 0.15) is 11.8 Å². The van der Waals surface area contributed by atoms with Crippen LogP contribution in [-0.2, 0) is 9.47 Å². The summed E-state index contributed by atoms with van der Waals surface area (Å²) in [4.78, 5) is 12.2. The summed E-state index contributed by atoms with van der Waals surface area (Å²) in [6.45, 7) is 0.360. The first kappa shape index (κ1) is 15.9. The third-order valence-corrected chi connectivity index (χ3v) is 3.85. The molecule has 1 aromatic rings. The molecule has 1 aliphatic rings. The minimum absolute atomic E-state index is 0.0588. The van der Waals surface area contributed by atoms with Crippen LogP contribution in [0.2, 0.25) is 0 Å². The second-order valence-electron chi connectivity index (χ2n) is 5.31. The van der Waals surface area contributed by atoms with Crippen molar-refractivity contribution in [1.29, 1.82) is 0 Å². The molecule has 0 spiro atoms. The standard InChI is InChI=1S/C15H24N2O4/c1-19-10-12(14-8-5-9-21-14)17-15(18)16-11-6-3-4-7-13(11)20-2/h5,8-9,11-13H,3-4,6-7,10H2,1-2H3,(H2,16,17,18)/t11-,12+,13-/m1/s1. The van der Waals surface area contributed by atoms with E-state index in [0.717, 1.165) is 25.7 Å². The first-order valence-electron chi connectivity index (χ1n) is 7.36. The third kappa shape index (κ3) is 4.47. The average molecular weight is 296 g/mol. The molecule has 1 aromatic heterocycles. The van der Waals surface area contributed by atoms with Gasteiger partial charge in [-0.1, -0.05) is 12.8 Å². The van der Waals surface area contributed by atoms with Gasteiger partial charge in [-0.3, -0.25) is 0 Å². The first-order chi connectivity index (χ1) is 10.2. The van der Waals surface area contributed by atoms with Gasteiger partial charge in [0, 0.05) is 14.2 Å². The Bertz CT molecular complexity index is 421. The van der Waals surface area contributed by atoms with Gasteiger partial charge in [-0.25, -0.2) is 4.79 Å². The van der Waals surface area contributed by atoms with Gasteiger partial charge in [0.25, 0.3) is 0 Å². The van der Waals surface area contributed by atoms with Crippen LogP contribution in [-0.4, -0.2) is 39.0 Å². The van der Waals surface area contributed by atoms with Gasteiger partial charge in [0.2, 0.25) is 0 Å². The monoisotopic (exact) mass is 296 g/mol. The fourth-order valence-corrected chi connectivity index (χ4v) is 2.76. The summed E-state index contributed by atoms with van der Waals surface area (Å²) in [6.07, 6.45) is 5.87. The Labute approximate surface area is 125 Å². The van der Waals surface area contributed by atoms with Gasteiger partial charge >= 0.3 is 6.03 Å². The number of urea groups is 1. The van der Waals surface area contributed by atoms with Crippen LogP contribution in [0.4, 0.5) is 4.79 Å². The summed E-state index contributed by atoms with van der Waals surface area (Å²) < 4.78 is 15.9. The summed E-state index contributed by atoms with van der Waals surface area (Å²) >= 11 is 0. The van der Waals surface area contributed by atoms with E-state index in [4.69, 9.17) is 13.9 Å². The van der Waals surface area contributed by atoms with E-state index < -0.39 is 0 Å². The molecule has 1 saturated carbocycles. The molecular formula is C15H24N2O4. The molecule has 2 rings (SSSR count). The van der Waals surface area contributed by atoms with E-state index >= 15 is 0 Å².